The van der Waals surface area contributed by atoms with Crippen LogP contribution in [0.5, 0.6) is 0 Å². The van der Waals surface area contributed by atoms with Crippen LogP contribution in [0, 0.1) is 0 Å². The Morgan fingerprint density at radius 2 is 1.94 bits per heavy atom. The Morgan fingerprint density at radius 3 is 2.59 bits per heavy atom. The topological polar surface area (TPSA) is 12.5 Å². The van der Waals surface area contributed by atoms with E-state index in [1.807, 2.05) is 0 Å². The number of morpholine rings is 1. The molecule has 0 N–H and O–H groups in total. The molecule has 0 aromatic heterocycles. The first kappa shape index (κ1) is 12.6. The van der Waals surface area contributed by atoms with Crippen LogP contribution in [0.3, 0.4) is 0 Å². The number of hydrogen-bond donors (Lipinski definition) is 0. The molecule has 0 saturated carbocycles. The average Bonchev–Trinajstić information content (AvgIpc) is 2.30. The molecule has 1 fully saturated rings. The highest BCUT2D eigenvalue weighted by Gasteiger charge is 2.31. The molecule has 1 unspecified atom stereocenters. The fraction of sp³-hybridized carbons (Fsp3) is 0.600. The van der Waals surface area contributed by atoms with Crippen molar-refractivity contribution in [3.63, 3.8) is 0 Å². The molecule has 0 spiro atoms. The van der Waals surface area contributed by atoms with Gasteiger partial charge in [-0.15, -0.1) is 0 Å². The normalized spacial score (nSPS) is 22.6. The van der Waals surface area contributed by atoms with Gasteiger partial charge in [-0.25, -0.2) is 0 Å². The lowest BCUT2D eigenvalue weighted by atomic mass is 9.97. The zero-order chi connectivity index (χ0) is 12.3. The monoisotopic (exact) mass is 233 g/mol. The quantitative estimate of drug-likeness (QED) is 0.779. The van der Waals surface area contributed by atoms with Crippen LogP contribution < -0.4 is 0 Å². The summed E-state index contributed by atoms with van der Waals surface area (Å²) in [5.41, 5.74) is 1.63. The van der Waals surface area contributed by atoms with Crippen molar-refractivity contribution in [2.45, 2.75) is 38.8 Å². The summed E-state index contributed by atoms with van der Waals surface area (Å²) in [6.45, 7) is 9.62. The van der Waals surface area contributed by atoms with Crippen molar-refractivity contribution < 1.29 is 4.74 Å². The Bertz CT molecular complexity index is 342. The summed E-state index contributed by atoms with van der Waals surface area (Å²) in [7, 11) is 0. The Kier molecular flexibility index (Phi) is 3.85. The Morgan fingerprint density at radius 1 is 1.24 bits per heavy atom. The number of ether oxygens (including phenoxy) is 1. The third-order valence-corrected chi connectivity index (χ3v) is 3.40. The number of nitrogens with zero attached hydrogens (tertiary/aromatic N) is 1. The molecule has 0 bridgehead atoms. The molecule has 94 valence electrons. The Hall–Kier alpha value is -0.860. The molecule has 17 heavy (non-hydrogen) atoms. The summed E-state index contributed by atoms with van der Waals surface area (Å²) in [4.78, 5) is 2.57. The first-order valence-corrected chi connectivity index (χ1v) is 6.46. The second kappa shape index (κ2) is 5.19. The molecule has 1 aromatic rings. The van der Waals surface area contributed by atoms with Gasteiger partial charge in [0.25, 0.3) is 0 Å². The molecule has 1 aromatic carbocycles. The van der Waals surface area contributed by atoms with Gasteiger partial charge in [0, 0.05) is 18.1 Å². The van der Waals surface area contributed by atoms with E-state index in [-0.39, 0.29) is 5.54 Å². The molecule has 0 radical (unpaired) electrons. The van der Waals surface area contributed by atoms with Gasteiger partial charge < -0.3 is 4.74 Å². The van der Waals surface area contributed by atoms with Crippen molar-refractivity contribution in [3.05, 3.63) is 35.9 Å². The van der Waals surface area contributed by atoms with Crippen molar-refractivity contribution in [1.82, 2.24) is 4.90 Å². The minimum absolute atomic E-state index is 0.225. The first-order chi connectivity index (χ1) is 8.07. The van der Waals surface area contributed by atoms with Crippen molar-refractivity contribution in [2.75, 3.05) is 19.8 Å². The number of rotatable bonds is 2. The molecule has 2 nitrogen and oxygen atoms in total. The van der Waals surface area contributed by atoms with Gasteiger partial charge >= 0.3 is 0 Å². The summed E-state index contributed by atoms with van der Waals surface area (Å²) < 4.78 is 5.64. The highest BCUT2D eigenvalue weighted by molar-refractivity contribution is 5.16. The van der Waals surface area contributed by atoms with Gasteiger partial charge in [0.2, 0.25) is 0 Å². The van der Waals surface area contributed by atoms with E-state index in [9.17, 15) is 0 Å². The van der Waals surface area contributed by atoms with E-state index in [4.69, 9.17) is 4.74 Å². The van der Waals surface area contributed by atoms with Crippen molar-refractivity contribution >= 4 is 0 Å². The predicted octanol–water partition coefficient (Wildman–Crippen LogP) is 2.73. The molecular formula is C15H23NO. The van der Waals surface area contributed by atoms with E-state index in [0.717, 1.165) is 26.2 Å². The van der Waals surface area contributed by atoms with Crippen molar-refractivity contribution in [3.8, 4) is 0 Å². The van der Waals surface area contributed by atoms with Crippen LogP contribution in [0.2, 0.25) is 0 Å². The van der Waals surface area contributed by atoms with Crippen LogP contribution in [0.15, 0.2) is 30.3 Å². The van der Waals surface area contributed by atoms with Crippen molar-refractivity contribution in [2.24, 2.45) is 0 Å². The standard InChI is InChI=1S/C15H23NO/c1-15(2,3)16-9-10-17-12-14(16)11-13-7-5-4-6-8-13/h4-8,14H,9-12H2,1-3H3. The lowest BCUT2D eigenvalue weighted by Crippen LogP contribution is -2.55. The summed E-state index contributed by atoms with van der Waals surface area (Å²) in [5, 5.41) is 0. The van der Waals surface area contributed by atoms with E-state index in [1.165, 1.54) is 5.56 Å². The van der Waals surface area contributed by atoms with Crippen LogP contribution in [-0.2, 0) is 11.2 Å². The minimum Gasteiger partial charge on any atom is -0.378 e. The molecular weight excluding hydrogens is 210 g/mol. The Balaban J connectivity index is 2.07. The molecule has 2 rings (SSSR count). The average molecular weight is 233 g/mol. The second-order valence-electron chi connectivity index (χ2n) is 5.78. The molecule has 1 aliphatic rings. The first-order valence-electron chi connectivity index (χ1n) is 6.46. The van der Waals surface area contributed by atoms with E-state index >= 15 is 0 Å². The van der Waals surface area contributed by atoms with E-state index in [1.54, 1.807) is 0 Å². The predicted molar refractivity (Wildman–Crippen MR) is 71.2 cm³/mol. The summed E-state index contributed by atoms with van der Waals surface area (Å²) in [6, 6.07) is 11.2. The van der Waals surface area contributed by atoms with Gasteiger partial charge in [-0.1, -0.05) is 30.3 Å². The zero-order valence-corrected chi connectivity index (χ0v) is 11.1. The minimum atomic E-state index is 0.225. The van der Waals surface area contributed by atoms with Gasteiger partial charge in [0.1, 0.15) is 0 Å². The zero-order valence-electron chi connectivity index (χ0n) is 11.1. The van der Waals surface area contributed by atoms with E-state index in [2.05, 4.69) is 56.0 Å². The lowest BCUT2D eigenvalue weighted by Gasteiger charge is -2.44. The van der Waals surface area contributed by atoms with Crippen LogP contribution in [0.1, 0.15) is 26.3 Å². The second-order valence-corrected chi connectivity index (χ2v) is 5.78. The summed E-state index contributed by atoms with van der Waals surface area (Å²) in [6.07, 6.45) is 1.08. The highest BCUT2D eigenvalue weighted by Crippen LogP contribution is 2.22. The largest absolute Gasteiger partial charge is 0.378 e. The van der Waals surface area contributed by atoms with Gasteiger partial charge in [0.15, 0.2) is 0 Å². The van der Waals surface area contributed by atoms with E-state index < -0.39 is 0 Å². The summed E-state index contributed by atoms with van der Waals surface area (Å²) in [5.74, 6) is 0. The maximum atomic E-state index is 5.64. The highest BCUT2D eigenvalue weighted by atomic mass is 16.5. The van der Waals surface area contributed by atoms with Crippen LogP contribution in [0.25, 0.3) is 0 Å². The maximum absolute atomic E-state index is 5.64. The van der Waals surface area contributed by atoms with Crippen LogP contribution in [-0.4, -0.2) is 36.2 Å². The third kappa shape index (κ3) is 3.30. The molecule has 2 heteroatoms. The van der Waals surface area contributed by atoms with Crippen LogP contribution in [0.4, 0.5) is 0 Å². The maximum Gasteiger partial charge on any atom is 0.0625 e. The van der Waals surface area contributed by atoms with Crippen molar-refractivity contribution in [1.29, 1.82) is 0 Å². The smallest absolute Gasteiger partial charge is 0.0625 e. The fourth-order valence-electron chi connectivity index (χ4n) is 2.59. The molecule has 0 aliphatic carbocycles. The third-order valence-electron chi connectivity index (χ3n) is 3.40. The van der Waals surface area contributed by atoms with Gasteiger partial charge in [-0.05, 0) is 32.8 Å². The number of hydrogen-bond acceptors (Lipinski definition) is 2. The SMILES string of the molecule is CC(C)(C)N1CCOCC1Cc1ccccc1. The number of benzene rings is 1. The molecule has 1 aliphatic heterocycles. The molecule has 1 heterocycles. The van der Waals surface area contributed by atoms with Gasteiger partial charge in [-0.2, -0.15) is 0 Å². The Labute approximate surface area is 105 Å². The molecule has 1 saturated heterocycles. The van der Waals surface area contributed by atoms with Gasteiger partial charge in [-0.3, -0.25) is 4.90 Å². The fourth-order valence-corrected chi connectivity index (χ4v) is 2.59. The molecule has 0 amide bonds. The summed E-state index contributed by atoms with van der Waals surface area (Å²) >= 11 is 0. The van der Waals surface area contributed by atoms with Crippen LogP contribution >= 0.6 is 0 Å². The van der Waals surface area contributed by atoms with Gasteiger partial charge in [0.05, 0.1) is 13.2 Å². The lowest BCUT2D eigenvalue weighted by molar-refractivity contribution is -0.0486. The van der Waals surface area contributed by atoms with E-state index in [0.29, 0.717) is 6.04 Å². The molecule has 1 atom stereocenters.